The monoisotopic (exact) mass is 453 g/mol. The lowest BCUT2D eigenvalue weighted by Gasteiger charge is -2.36. The maximum atomic E-state index is 15.1. The van der Waals surface area contributed by atoms with Gasteiger partial charge < -0.3 is 9.64 Å². The summed E-state index contributed by atoms with van der Waals surface area (Å²) in [5, 5.41) is -0.0792. The van der Waals surface area contributed by atoms with Crippen molar-refractivity contribution in [3.8, 4) is 5.75 Å². The minimum Gasteiger partial charge on any atom is -0.497 e. The van der Waals surface area contributed by atoms with E-state index in [1.165, 1.54) is 18.2 Å². The van der Waals surface area contributed by atoms with Gasteiger partial charge in [-0.3, -0.25) is 4.79 Å². The highest BCUT2D eigenvalue weighted by atomic mass is 35.5. The van der Waals surface area contributed by atoms with Crippen LogP contribution in [0.3, 0.4) is 0 Å². The Morgan fingerprint density at radius 1 is 1.20 bits per heavy atom. The summed E-state index contributed by atoms with van der Waals surface area (Å²) < 4.78 is 33.7. The first-order valence-electron chi connectivity index (χ1n) is 10.1. The van der Waals surface area contributed by atoms with Crippen LogP contribution in [0.15, 0.2) is 47.4 Å². The van der Waals surface area contributed by atoms with Crippen LogP contribution in [-0.4, -0.2) is 42.4 Å². The molecule has 0 unspecified atom stereocenters. The van der Waals surface area contributed by atoms with Gasteiger partial charge in [-0.05, 0) is 74.3 Å². The van der Waals surface area contributed by atoms with Gasteiger partial charge in [0, 0.05) is 23.5 Å². The molecule has 0 aliphatic carbocycles. The van der Waals surface area contributed by atoms with E-state index in [-0.39, 0.29) is 10.9 Å². The fourth-order valence-corrected chi connectivity index (χ4v) is 4.74. The van der Waals surface area contributed by atoms with E-state index in [0.29, 0.717) is 37.9 Å². The number of hydrogen-bond acceptors (Lipinski definition) is 3. The number of likely N-dealkylation sites (tertiary alicyclic amines) is 1. The van der Waals surface area contributed by atoms with E-state index >= 15 is 4.39 Å². The topological polar surface area (TPSA) is 29.5 Å². The van der Waals surface area contributed by atoms with Crippen LogP contribution in [0, 0.1) is 5.82 Å². The average molecular weight is 454 g/mol. The molecule has 162 valence electrons. The number of amides is 1. The quantitative estimate of drug-likeness (QED) is 0.342. The summed E-state index contributed by atoms with van der Waals surface area (Å²) in [4.78, 5) is 15.3. The molecule has 2 aromatic carbocycles. The molecule has 0 aromatic heterocycles. The third-order valence-electron chi connectivity index (χ3n) is 5.44. The Balaban J connectivity index is 1.40. The highest BCUT2D eigenvalue weighted by Gasteiger charge is 2.35. The number of rotatable bonds is 8. The highest BCUT2D eigenvalue weighted by Crippen LogP contribution is 2.33. The number of thioether (sulfide) groups is 1. The van der Waals surface area contributed by atoms with Crippen LogP contribution in [0.4, 0.5) is 8.78 Å². The van der Waals surface area contributed by atoms with Crippen LogP contribution in [0.5, 0.6) is 5.75 Å². The van der Waals surface area contributed by atoms with Crippen molar-refractivity contribution in [3.63, 3.8) is 0 Å². The molecule has 30 heavy (non-hydrogen) atoms. The Morgan fingerprint density at radius 3 is 2.67 bits per heavy atom. The first-order chi connectivity index (χ1) is 14.4. The molecular formula is C23H26ClF2NO2S. The first kappa shape index (κ1) is 22.9. The van der Waals surface area contributed by atoms with Gasteiger partial charge in [-0.25, -0.2) is 8.78 Å². The maximum Gasteiger partial charge on any atom is 0.253 e. The Labute approximate surface area is 185 Å². The van der Waals surface area contributed by atoms with Gasteiger partial charge in [0.15, 0.2) is 0 Å². The van der Waals surface area contributed by atoms with Crippen molar-refractivity contribution in [2.45, 2.75) is 42.7 Å². The second kappa shape index (κ2) is 10.5. The van der Waals surface area contributed by atoms with Gasteiger partial charge in [0.05, 0.1) is 12.1 Å². The fraction of sp³-hybridized carbons (Fsp3) is 0.435. The number of alkyl halides is 1. The third-order valence-corrected chi connectivity index (χ3v) is 6.81. The Hall–Kier alpha value is -1.79. The summed E-state index contributed by atoms with van der Waals surface area (Å²) in [6.07, 6.45) is 2.92. The minimum absolute atomic E-state index is 0.0792. The number of halogens is 3. The van der Waals surface area contributed by atoms with Crippen LogP contribution < -0.4 is 4.74 Å². The minimum atomic E-state index is -1.22. The van der Waals surface area contributed by atoms with Gasteiger partial charge >= 0.3 is 0 Å². The normalized spacial score (nSPS) is 15.8. The van der Waals surface area contributed by atoms with Gasteiger partial charge in [-0.15, -0.1) is 11.8 Å². The number of nitrogens with zero attached hydrogens (tertiary/aromatic N) is 1. The van der Waals surface area contributed by atoms with Crippen molar-refractivity contribution in [1.82, 2.24) is 4.90 Å². The van der Waals surface area contributed by atoms with Crippen LogP contribution in [0.25, 0.3) is 0 Å². The van der Waals surface area contributed by atoms with Crippen molar-refractivity contribution in [1.29, 1.82) is 0 Å². The summed E-state index contributed by atoms with van der Waals surface area (Å²) in [7, 11) is 1.65. The molecule has 1 aliphatic rings. The van der Waals surface area contributed by atoms with E-state index in [1.807, 2.05) is 24.3 Å². The molecule has 0 bridgehead atoms. The standard InChI is InChI=1S/C23H26ClF2NO2S/c1-29-18-5-4-6-19(16-18)30-14-3-2-9-23(26)10-12-27(13-11-23)22(28)17-7-8-21(25)20(24)15-17/h4-8,15-16H,2-3,9-14H2,1H3. The van der Waals surface area contributed by atoms with Gasteiger partial charge in [-0.1, -0.05) is 17.7 Å². The van der Waals surface area contributed by atoms with E-state index in [4.69, 9.17) is 16.3 Å². The van der Waals surface area contributed by atoms with Crippen molar-refractivity contribution < 1.29 is 18.3 Å². The largest absolute Gasteiger partial charge is 0.497 e. The lowest BCUT2D eigenvalue weighted by Crippen LogP contribution is -2.44. The molecule has 0 radical (unpaired) electrons. The molecule has 0 spiro atoms. The summed E-state index contributed by atoms with van der Waals surface area (Å²) in [6.45, 7) is 0.728. The van der Waals surface area contributed by atoms with E-state index in [2.05, 4.69) is 0 Å². The number of ether oxygens (including phenoxy) is 1. The van der Waals surface area contributed by atoms with Gasteiger partial charge in [0.2, 0.25) is 0 Å². The number of unbranched alkanes of at least 4 members (excludes halogenated alkanes) is 1. The molecule has 0 saturated carbocycles. The molecule has 1 aliphatic heterocycles. The maximum absolute atomic E-state index is 15.1. The summed E-state index contributed by atoms with van der Waals surface area (Å²) in [6, 6.07) is 11.9. The first-order valence-corrected chi connectivity index (χ1v) is 11.5. The predicted octanol–water partition coefficient (Wildman–Crippen LogP) is 6.39. The van der Waals surface area contributed by atoms with Gasteiger partial charge in [0.1, 0.15) is 17.2 Å². The molecule has 0 N–H and O–H groups in total. The second-order valence-corrected chi connectivity index (χ2v) is 9.13. The Kier molecular flexibility index (Phi) is 8.00. The second-order valence-electron chi connectivity index (χ2n) is 7.56. The van der Waals surface area contributed by atoms with Gasteiger partial charge in [0.25, 0.3) is 5.91 Å². The smallest absolute Gasteiger partial charge is 0.253 e. The summed E-state index contributed by atoms with van der Waals surface area (Å²) in [5.41, 5.74) is -0.889. The number of carbonyl (C=O) groups excluding carboxylic acids is 1. The van der Waals surface area contributed by atoms with Crippen LogP contribution >= 0.6 is 23.4 Å². The van der Waals surface area contributed by atoms with Crippen molar-refractivity contribution >= 4 is 29.3 Å². The highest BCUT2D eigenvalue weighted by molar-refractivity contribution is 7.99. The molecule has 1 saturated heterocycles. The molecule has 3 rings (SSSR count). The number of methoxy groups -OCH3 is 1. The molecule has 7 heteroatoms. The van der Waals surface area contributed by atoms with E-state index < -0.39 is 11.5 Å². The molecule has 1 heterocycles. The van der Waals surface area contributed by atoms with E-state index in [0.717, 1.165) is 29.2 Å². The van der Waals surface area contributed by atoms with Crippen LogP contribution in [0.1, 0.15) is 42.5 Å². The third kappa shape index (κ3) is 6.11. The number of hydrogen-bond donors (Lipinski definition) is 0. The Morgan fingerprint density at radius 2 is 1.97 bits per heavy atom. The zero-order valence-corrected chi connectivity index (χ0v) is 18.6. The number of carbonyl (C=O) groups is 1. The summed E-state index contributed by atoms with van der Waals surface area (Å²) in [5.74, 6) is 0.985. The van der Waals surface area contributed by atoms with Crippen LogP contribution in [0.2, 0.25) is 5.02 Å². The molecule has 1 fully saturated rings. The number of piperidine rings is 1. The molecule has 0 atom stereocenters. The summed E-state index contributed by atoms with van der Waals surface area (Å²) >= 11 is 7.51. The van der Waals surface area contributed by atoms with Crippen LogP contribution in [-0.2, 0) is 0 Å². The van der Waals surface area contributed by atoms with E-state index in [9.17, 15) is 9.18 Å². The lowest BCUT2D eigenvalue weighted by molar-refractivity contribution is 0.0388. The molecular weight excluding hydrogens is 428 g/mol. The van der Waals surface area contributed by atoms with E-state index in [1.54, 1.807) is 23.8 Å². The predicted molar refractivity (Wildman–Crippen MR) is 118 cm³/mol. The average Bonchev–Trinajstić information content (AvgIpc) is 2.75. The lowest BCUT2D eigenvalue weighted by atomic mass is 9.88. The zero-order chi connectivity index (χ0) is 21.6. The molecule has 1 amide bonds. The SMILES string of the molecule is COc1cccc(SCCCCC2(F)CCN(C(=O)c3ccc(F)c(Cl)c3)CC2)c1. The molecule has 3 nitrogen and oxygen atoms in total. The van der Waals surface area contributed by atoms with Crippen molar-refractivity contribution in [2.24, 2.45) is 0 Å². The number of benzene rings is 2. The van der Waals surface area contributed by atoms with Crippen molar-refractivity contribution in [2.75, 3.05) is 26.0 Å². The molecule has 2 aromatic rings. The van der Waals surface area contributed by atoms with Gasteiger partial charge in [-0.2, -0.15) is 0 Å². The fourth-order valence-electron chi connectivity index (χ4n) is 3.60. The zero-order valence-electron chi connectivity index (χ0n) is 17.0. The Bertz CT molecular complexity index is 872. The van der Waals surface area contributed by atoms with Crippen molar-refractivity contribution in [3.05, 3.63) is 58.9 Å².